The van der Waals surface area contributed by atoms with E-state index in [9.17, 15) is 22.8 Å². The number of ketones is 1. The lowest BCUT2D eigenvalue weighted by Crippen LogP contribution is -2.27. The Labute approximate surface area is 179 Å². The summed E-state index contributed by atoms with van der Waals surface area (Å²) >= 11 is 0. The van der Waals surface area contributed by atoms with Crippen molar-refractivity contribution < 1.29 is 32.3 Å². The molecule has 1 aliphatic rings. The van der Waals surface area contributed by atoms with Gasteiger partial charge in [-0.3, -0.25) is 9.59 Å². The number of nitrogens with zero attached hydrogens (tertiary/aromatic N) is 1. The number of para-hydroxylation sites is 1. The second-order valence-corrected chi connectivity index (χ2v) is 8.82. The van der Waals surface area contributed by atoms with Gasteiger partial charge in [0.1, 0.15) is 11.3 Å². The number of Topliss-reactive ketones (excluding diaryl/α,β-unsaturated/α-hetero) is 1. The molecule has 0 atom stereocenters. The normalized spacial score (nSPS) is 14.2. The third-order valence-electron chi connectivity index (χ3n) is 4.69. The minimum atomic E-state index is -3.57. The van der Waals surface area contributed by atoms with Crippen LogP contribution < -0.4 is 10.5 Å². The van der Waals surface area contributed by atoms with Crippen molar-refractivity contribution in [3.05, 3.63) is 59.7 Å². The molecule has 0 spiro atoms. The first-order chi connectivity index (χ1) is 14.8. The number of ether oxygens (including phenoxy) is 2. The molecule has 9 nitrogen and oxygen atoms in total. The van der Waals surface area contributed by atoms with Crippen molar-refractivity contribution in [1.82, 2.24) is 4.31 Å². The molecule has 1 saturated heterocycles. The molecular weight excluding hydrogens is 424 g/mol. The smallest absolute Gasteiger partial charge is 0.342 e. The van der Waals surface area contributed by atoms with Crippen LogP contribution in [0.2, 0.25) is 0 Å². The Morgan fingerprint density at radius 2 is 1.58 bits per heavy atom. The first kappa shape index (κ1) is 22.4. The van der Waals surface area contributed by atoms with Crippen LogP contribution in [0.15, 0.2) is 53.4 Å². The van der Waals surface area contributed by atoms with Gasteiger partial charge in [0.2, 0.25) is 10.0 Å². The van der Waals surface area contributed by atoms with Gasteiger partial charge in [-0.05, 0) is 49.2 Å². The van der Waals surface area contributed by atoms with Gasteiger partial charge in [-0.2, -0.15) is 4.31 Å². The zero-order chi connectivity index (χ0) is 22.4. The number of primary amides is 1. The Hall–Kier alpha value is -3.24. The van der Waals surface area contributed by atoms with Gasteiger partial charge in [0.05, 0.1) is 4.90 Å². The zero-order valence-electron chi connectivity index (χ0n) is 16.7. The number of esters is 1. The third kappa shape index (κ3) is 5.47. The summed E-state index contributed by atoms with van der Waals surface area (Å²) < 4.78 is 36.7. The van der Waals surface area contributed by atoms with Crippen molar-refractivity contribution in [2.45, 2.75) is 17.7 Å². The molecule has 1 heterocycles. The highest BCUT2D eigenvalue weighted by atomic mass is 32.2. The number of sulfonamides is 1. The first-order valence-corrected chi connectivity index (χ1v) is 11.0. The Kier molecular flexibility index (Phi) is 7.03. The van der Waals surface area contributed by atoms with E-state index in [-0.39, 0.29) is 21.8 Å². The minimum absolute atomic E-state index is 0.0450. The van der Waals surface area contributed by atoms with Gasteiger partial charge >= 0.3 is 5.97 Å². The first-order valence-electron chi connectivity index (χ1n) is 9.59. The molecule has 1 aliphatic heterocycles. The minimum Gasteiger partial charge on any atom is -0.483 e. The van der Waals surface area contributed by atoms with Crippen LogP contribution in [0.25, 0.3) is 0 Å². The number of hydrogen-bond donors (Lipinski definition) is 1. The molecule has 2 N–H and O–H groups in total. The molecule has 31 heavy (non-hydrogen) atoms. The Bertz CT molecular complexity index is 1080. The lowest BCUT2D eigenvalue weighted by atomic mass is 10.1. The lowest BCUT2D eigenvalue weighted by molar-refractivity contribution is -0.119. The second kappa shape index (κ2) is 9.71. The molecule has 0 aromatic heterocycles. The third-order valence-corrected chi connectivity index (χ3v) is 6.60. The van der Waals surface area contributed by atoms with Gasteiger partial charge in [0.25, 0.3) is 5.91 Å². The van der Waals surface area contributed by atoms with Crippen molar-refractivity contribution in [2.75, 3.05) is 26.3 Å². The van der Waals surface area contributed by atoms with Crippen LogP contribution in [0.5, 0.6) is 5.75 Å². The van der Waals surface area contributed by atoms with Crippen LogP contribution in [0.4, 0.5) is 0 Å². The summed E-state index contributed by atoms with van der Waals surface area (Å²) in [6.45, 7) is 0.0321. The number of carbonyl (C=O) groups excluding carboxylic acids is 3. The summed E-state index contributed by atoms with van der Waals surface area (Å²) in [5.74, 6) is -1.89. The van der Waals surface area contributed by atoms with E-state index in [0.29, 0.717) is 13.1 Å². The molecule has 1 fully saturated rings. The molecule has 164 valence electrons. The van der Waals surface area contributed by atoms with Crippen molar-refractivity contribution in [3.63, 3.8) is 0 Å². The van der Waals surface area contributed by atoms with Crippen molar-refractivity contribution >= 4 is 27.7 Å². The zero-order valence-corrected chi connectivity index (χ0v) is 17.5. The van der Waals surface area contributed by atoms with Crippen LogP contribution in [0.1, 0.15) is 33.6 Å². The van der Waals surface area contributed by atoms with Crippen molar-refractivity contribution in [3.8, 4) is 5.75 Å². The molecular formula is C21H22N2O7S. The van der Waals surface area contributed by atoms with Crippen molar-refractivity contribution in [1.29, 1.82) is 0 Å². The molecule has 2 aromatic rings. The van der Waals surface area contributed by atoms with E-state index in [1.807, 2.05) is 0 Å². The number of carbonyl (C=O) groups is 3. The summed E-state index contributed by atoms with van der Waals surface area (Å²) in [5.41, 5.74) is 5.30. The van der Waals surface area contributed by atoms with Gasteiger partial charge in [-0.25, -0.2) is 13.2 Å². The Balaban J connectivity index is 1.62. The van der Waals surface area contributed by atoms with E-state index in [1.54, 1.807) is 12.1 Å². The summed E-state index contributed by atoms with van der Waals surface area (Å²) in [5, 5.41) is 0. The highest BCUT2D eigenvalue weighted by molar-refractivity contribution is 7.89. The van der Waals surface area contributed by atoms with Gasteiger partial charge in [0.15, 0.2) is 19.0 Å². The van der Waals surface area contributed by atoms with Gasteiger partial charge < -0.3 is 15.2 Å². The average Bonchev–Trinajstić information content (AvgIpc) is 3.32. The van der Waals surface area contributed by atoms with Crippen LogP contribution in [-0.4, -0.2) is 56.7 Å². The Morgan fingerprint density at radius 3 is 2.23 bits per heavy atom. The summed E-state index contributed by atoms with van der Waals surface area (Å²) in [6.07, 6.45) is 1.66. The second-order valence-electron chi connectivity index (χ2n) is 6.89. The fourth-order valence-corrected chi connectivity index (χ4v) is 4.61. The van der Waals surface area contributed by atoms with E-state index in [1.165, 1.54) is 40.7 Å². The number of benzene rings is 2. The van der Waals surface area contributed by atoms with Crippen LogP contribution in [0.3, 0.4) is 0 Å². The maximum atomic E-state index is 12.5. The van der Waals surface area contributed by atoms with E-state index in [2.05, 4.69) is 0 Å². The fourth-order valence-electron chi connectivity index (χ4n) is 3.09. The van der Waals surface area contributed by atoms with E-state index >= 15 is 0 Å². The highest BCUT2D eigenvalue weighted by Crippen LogP contribution is 2.22. The van der Waals surface area contributed by atoms with Gasteiger partial charge in [-0.1, -0.05) is 12.1 Å². The fraction of sp³-hybridized carbons (Fsp3) is 0.286. The van der Waals surface area contributed by atoms with Crippen LogP contribution in [0, 0.1) is 0 Å². The van der Waals surface area contributed by atoms with E-state index in [0.717, 1.165) is 12.8 Å². The molecule has 2 aromatic carbocycles. The molecule has 1 amide bonds. The van der Waals surface area contributed by atoms with Crippen molar-refractivity contribution in [2.24, 2.45) is 5.73 Å². The number of amides is 1. The number of nitrogens with two attached hydrogens (primary N) is 1. The maximum Gasteiger partial charge on any atom is 0.342 e. The molecule has 10 heteroatoms. The summed E-state index contributed by atoms with van der Waals surface area (Å²) in [6, 6.07) is 11.6. The molecule has 0 saturated carbocycles. The Morgan fingerprint density at radius 1 is 0.935 bits per heavy atom. The topological polar surface area (TPSA) is 133 Å². The highest BCUT2D eigenvalue weighted by Gasteiger charge is 2.27. The quantitative estimate of drug-likeness (QED) is 0.454. The monoisotopic (exact) mass is 446 g/mol. The number of rotatable bonds is 9. The van der Waals surface area contributed by atoms with Crippen LogP contribution in [-0.2, 0) is 19.6 Å². The molecule has 0 unspecified atom stereocenters. The van der Waals surface area contributed by atoms with Crippen LogP contribution >= 0.6 is 0 Å². The average molecular weight is 446 g/mol. The molecule has 0 bridgehead atoms. The number of hydrogen-bond acceptors (Lipinski definition) is 7. The predicted molar refractivity (Wildman–Crippen MR) is 110 cm³/mol. The largest absolute Gasteiger partial charge is 0.483 e. The van der Waals surface area contributed by atoms with Gasteiger partial charge in [-0.15, -0.1) is 0 Å². The molecule has 0 aliphatic carbocycles. The molecule has 3 rings (SSSR count). The summed E-state index contributed by atoms with van der Waals surface area (Å²) in [4.78, 5) is 35.7. The summed E-state index contributed by atoms with van der Waals surface area (Å²) in [7, 11) is -3.57. The lowest BCUT2D eigenvalue weighted by Gasteiger charge is -2.15. The van der Waals surface area contributed by atoms with Gasteiger partial charge in [0, 0.05) is 18.7 Å². The SMILES string of the molecule is NC(=O)COc1ccccc1C(=O)OCC(=O)c1ccc(S(=O)(=O)N2CCCC2)cc1. The molecule has 0 radical (unpaired) electrons. The van der Waals surface area contributed by atoms with E-state index < -0.39 is 40.9 Å². The maximum absolute atomic E-state index is 12.5. The standard InChI is InChI=1S/C21H22N2O7S/c22-20(25)14-29-19-6-2-1-5-17(19)21(26)30-13-18(24)15-7-9-16(10-8-15)31(27,28)23-11-3-4-12-23/h1-2,5-10H,3-4,11-14H2,(H2,22,25). The predicted octanol–water partition coefficient (Wildman–Crippen LogP) is 1.37. The van der Waals surface area contributed by atoms with E-state index in [4.69, 9.17) is 15.2 Å².